The van der Waals surface area contributed by atoms with Gasteiger partial charge in [0.25, 0.3) is 0 Å². The lowest BCUT2D eigenvalue weighted by atomic mass is 10.00. The summed E-state index contributed by atoms with van der Waals surface area (Å²) in [4.78, 5) is 2.45. The molecule has 0 N–H and O–H groups in total. The van der Waals surface area contributed by atoms with Crippen molar-refractivity contribution in [3.8, 4) is 0 Å². The summed E-state index contributed by atoms with van der Waals surface area (Å²) in [6, 6.07) is 69.5. The summed E-state index contributed by atoms with van der Waals surface area (Å²) in [5, 5.41) is 21.2. The van der Waals surface area contributed by atoms with Gasteiger partial charge in [0.05, 0.1) is 0 Å². The molecule has 1 nitrogen and oxygen atoms in total. The first kappa shape index (κ1) is 37.4. The van der Waals surface area contributed by atoms with Gasteiger partial charge < -0.3 is 4.90 Å². The molecule has 0 saturated carbocycles. The molecule has 4 aromatic heterocycles. The van der Waals surface area contributed by atoms with E-state index in [1.54, 1.807) is 0 Å². The molecule has 4 heterocycles. The van der Waals surface area contributed by atoms with Crippen molar-refractivity contribution in [1.82, 2.24) is 0 Å². The van der Waals surface area contributed by atoms with Crippen LogP contribution in [0.3, 0.4) is 0 Å². The summed E-state index contributed by atoms with van der Waals surface area (Å²) < 4.78 is 10.8. The Morgan fingerprint density at radius 3 is 0.970 bits per heavy atom. The van der Waals surface area contributed by atoms with E-state index in [2.05, 4.69) is 201 Å². The minimum atomic E-state index is 0.460. The highest BCUT2D eigenvalue weighted by Crippen LogP contribution is 2.49. The molecular formula is C61H37NS4. The standard InChI is InChI=1S/C61H37NS4/c1-33(2)34-11-15-43(16-12-34)62(44-17-13-39-27-48-56(31-41(39)23-44)65-52-21-19-50-58(60(48)52)46-25-35-7-3-5-9-37(35)29-54(46)63-50)45-18-14-40-28-49-57(32-42(40)24-45)66-53-22-20-51-59(61(49)53)47-26-36-8-4-6-10-38(36)30-55(47)64-51/h3-33H,1-2H3. The van der Waals surface area contributed by atoms with Crippen molar-refractivity contribution in [2.24, 2.45) is 0 Å². The van der Waals surface area contributed by atoms with Crippen molar-refractivity contribution < 1.29 is 0 Å². The second-order valence-electron chi connectivity index (χ2n) is 18.3. The van der Waals surface area contributed by atoms with Crippen molar-refractivity contribution >= 4 is 186 Å². The van der Waals surface area contributed by atoms with Crippen LogP contribution in [-0.4, -0.2) is 0 Å². The summed E-state index contributed by atoms with van der Waals surface area (Å²) in [5.41, 5.74) is 4.80. The van der Waals surface area contributed by atoms with E-state index in [4.69, 9.17) is 0 Å². The fraction of sp³-hybridized carbons (Fsp3) is 0.0492. The minimum Gasteiger partial charge on any atom is -0.310 e. The van der Waals surface area contributed by atoms with E-state index in [1.165, 1.54) is 129 Å². The van der Waals surface area contributed by atoms with E-state index in [1.807, 2.05) is 45.3 Å². The summed E-state index contributed by atoms with van der Waals surface area (Å²) >= 11 is 7.66. The smallest absolute Gasteiger partial charge is 0.0468 e. The molecule has 310 valence electrons. The van der Waals surface area contributed by atoms with Crippen molar-refractivity contribution in [2.75, 3.05) is 4.90 Å². The molecule has 11 aromatic carbocycles. The van der Waals surface area contributed by atoms with E-state index in [0.717, 1.165) is 17.1 Å². The largest absolute Gasteiger partial charge is 0.310 e. The zero-order valence-electron chi connectivity index (χ0n) is 36.0. The molecule has 66 heavy (non-hydrogen) atoms. The van der Waals surface area contributed by atoms with Gasteiger partial charge in [0, 0.05) is 97.8 Å². The molecule has 5 heteroatoms. The second kappa shape index (κ2) is 13.8. The van der Waals surface area contributed by atoms with Gasteiger partial charge in [-0.3, -0.25) is 0 Å². The third kappa shape index (κ3) is 5.49. The highest BCUT2D eigenvalue weighted by Gasteiger charge is 2.20. The predicted molar refractivity (Wildman–Crippen MR) is 297 cm³/mol. The molecule has 15 rings (SSSR count). The fourth-order valence-corrected chi connectivity index (χ4v) is 15.4. The number of hydrogen-bond acceptors (Lipinski definition) is 5. The minimum absolute atomic E-state index is 0.460. The van der Waals surface area contributed by atoms with Crippen LogP contribution in [0.4, 0.5) is 17.1 Å². The Bertz CT molecular complexity index is 4290. The molecule has 0 aliphatic rings. The van der Waals surface area contributed by atoms with Crippen LogP contribution in [0.15, 0.2) is 182 Å². The SMILES string of the molecule is CC(C)c1ccc(N(c2ccc3cc4c(cc3c2)sc2ccc3sc5cc6ccccc6cc5c3c24)c2ccc3cc4c(cc3c2)sc2ccc3sc5cc6ccccc6cc5c3c24)cc1. The predicted octanol–water partition coefficient (Wildman–Crippen LogP) is 20.4. The average Bonchev–Trinajstić information content (AvgIpc) is 4.10. The number of rotatable bonds is 4. The Labute approximate surface area is 395 Å². The van der Waals surface area contributed by atoms with E-state index in [0.29, 0.717) is 5.92 Å². The molecular weight excluding hydrogens is 875 g/mol. The summed E-state index contributed by atoms with van der Waals surface area (Å²) in [6.45, 7) is 4.54. The van der Waals surface area contributed by atoms with Gasteiger partial charge in [-0.15, -0.1) is 45.3 Å². The first-order chi connectivity index (χ1) is 32.5. The lowest BCUT2D eigenvalue weighted by molar-refractivity contribution is 0.866. The molecule has 0 atom stereocenters. The van der Waals surface area contributed by atoms with Gasteiger partial charge in [-0.2, -0.15) is 0 Å². The summed E-state index contributed by atoms with van der Waals surface area (Å²) in [6.07, 6.45) is 0. The quantitative estimate of drug-likeness (QED) is 0.170. The van der Waals surface area contributed by atoms with Crippen LogP contribution < -0.4 is 4.90 Å². The highest BCUT2D eigenvalue weighted by atomic mass is 32.1. The van der Waals surface area contributed by atoms with Crippen LogP contribution in [0.5, 0.6) is 0 Å². The van der Waals surface area contributed by atoms with E-state index in [9.17, 15) is 0 Å². The normalized spacial score (nSPS) is 12.5. The number of benzene rings is 11. The average molecular weight is 912 g/mol. The van der Waals surface area contributed by atoms with Crippen LogP contribution in [-0.2, 0) is 0 Å². The van der Waals surface area contributed by atoms with Crippen LogP contribution in [0.25, 0.3) is 124 Å². The monoisotopic (exact) mass is 911 g/mol. The molecule has 0 saturated heterocycles. The number of fused-ring (bicyclic) bond motifs is 18. The Hall–Kier alpha value is -6.86. The van der Waals surface area contributed by atoms with Gasteiger partial charge >= 0.3 is 0 Å². The Morgan fingerprint density at radius 1 is 0.288 bits per heavy atom. The van der Waals surface area contributed by atoms with Gasteiger partial charge in [-0.25, -0.2) is 0 Å². The number of nitrogens with zero attached hydrogens (tertiary/aromatic N) is 1. The van der Waals surface area contributed by atoms with E-state index >= 15 is 0 Å². The molecule has 0 fully saturated rings. The topological polar surface area (TPSA) is 3.24 Å². The highest BCUT2D eigenvalue weighted by molar-refractivity contribution is 7.29. The van der Waals surface area contributed by atoms with Gasteiger partial charge in [-0.05, 0) is 164 Å². The second-order valence-corrected chi connectivity index (χ2v) is 22.6. The molecule has 0 aliphatic carbocycles. The molecule has 0 unspecified atom stereocenters. The van der Waals surface area contributed by atoms with Crippen molar-refractivity contribution in [2.45, 2.75) is 19.8 Å². The Morgan fingerprint density at radius 2 is 0.606 bits per heavy atom. The first-order valence-electron chi connectivity index (χ1n) is 22.6. The fourth-order valence-electron chi connectivity index (χ4n) is 10.8. The maximum Gasteiger partial charge on any atom is 0.0468 e. The first-order valence-corrected chi connectivity index (χ1v) is 25.9. The molecule has 0 bridgehead atoms. The number of hydrogen-bond donors (Lipinski definition) is 0. The maximum absolute atomic E-state index is 2.45. The van der Waals surface area contributed by atoms with Crippen LogP contribution >= 0.6 is 45.3 Å². The molecule has 15 aromatic rings. The Kier molecular flexibility index (Phi) is 7.83. The summed E-state index contributed by atoms with van der Waals surface area (Å²) in [7, 11) is 0. The third-order valence-corrected chi connectivity index (χ3v) is 18.6. The lowest BCUT2D eigenvalue weighted by Gasteiger charge is -2.26. The number of thiophene rings is 4. The summed E-state index contributed by atoms with van der Waals surface area (Å²) in [5.74, 6) is 0.460. The van der Waals surface area contributed by atoms with Crippen molar-refractivity contribution in [1.29, 1.82) is 0 Å². The molecule has 0 spiro atoms. The lowest BCUT2D eigenvalue weighted by Crippen LogP contribution is -2.10. The van der Waals surface area contributed by atoms with E-state index in [-0.39, 0.29) is 0 Å². The number of anilines is 3. The van der Waals surface area contributed by atoms with Gasteiger partial charge in [0.2, 0.25) is 0 Å². The maximum atomic E-state index is 2.45. The molecule has 0 amide bonds. The van der Waals surface area contributed by atoms with Crippen molar-refractivity contribution in [3.63, 3.8) is 0 Å². The van der Waals surface area contributed by atoms with Gasteiger partial charge in [0.1, 0.15) is 0 Å². The van der Waals surface area contributed by atoms with E-state index < -0.39 is 0 Å². The molecule has 0 radical (unpaired) electrons. The van der Waals surface area contributed by atoms with Crippen LogP contribution in [0.1, 0.15) is 25.3 Å². The third-order valence-electron chi connectivity index (χ3n) is 14.1. The van der Waals surface area contributed by atoms with Crippen LogP contribution in [0, 0.1) is 0 Å². The van der Waals surface area contributed by atoms with Gasteiger partial charge in [-0.1, -0.05) is 86.6 Å². The van der Waals surface area contributed by atoms with Gasteiger partial charge in [0.15, 0.2) is 0 Å². The molecule has 0 aliphatic heterocycles. The zero-order valence-corrected chi connectivity index (χ0v) is 39.2. The zero-order chi connectivity index (χ0) is 43.4. The Balaban J connectivity index is 0.890. The van der Waals surface area contributed by atoms with Crippen LogP contribution in [0.2, 0.25) is 0 Å². The van der Waals surface area contributed by atoms with Crippen molar-refractivity contribution in [3.05, 3.63) is 188 Å².